The molecule has 0 amide bonds. The zero-order valence-corrected chi connectivity index (χ0v) is 15.8. The van der Waals surface area contributed by atoms with Gasteiger partial charge >= 0.3 is 5.97 Å². The van der Waals surface area contributed by atoms with E-state index in [1.807, 2.05) is 32.9 Å². The minimum absolute atomic E-state index is 0.0651. The molecule has 25 heavy (non-hydrogen) atoms. The lowest BCUT2D eigenvalue weighted by molar-refractivity contribution is -0.150. The highest BCUT2D eigenvalue weighted by molar-refractivity contribution is 6.00. The molecule has 4 heteroatoms. The van der Waals surface area contributed by atoms with Crippen LogP contribution in [0.15, 0.2) is 34.9 Å². The molecule has 1 saturated heterocycles. The molecule has 4 atom stereocenters. The van der Waals surface area contributed by atoms with Gasteiger partial charge in [0.2, 0.25) is 0 Å². The number of carbonyl (C=O) groups excluding carboxylic acids is 2. The number of carbonyl (C=O) groups is 2. The molecular weight excluding hydrogens is 316 g/mol. The third-order valence-corrected chi connectivity index (χ3v) is 5.63. The Balaban J connectivity index is 1.62. The van der Waals surface area contributed by atoms with Crippen LogP contribution >= 0.6 is 0 Å². The topological polar surface area (TPSA) is 55.9 Å². The van der Waals surface area contributed by atoms with Gasteiger partial charge in [0.05, 0.1) is 25.0 Å². The highest BCUT2D eigenvalue weighted by Gasteiger charge is 2.61. The fourth-order valence-corrected chi connectivity index (χ4v) is 3.78. The van der Waals surface area contributed by atoms with Gasteiger partial charge in [0, 0.05) is 5.57 Å². The first-order chi connectivity index (χ1) is 11.7. The van der Waals surface area contributed by atoms with Crippen molar-refractivity contribution in [3.05, 3.63) is 34.9 Å². The van der Waals surface area contributed by atoms with Gasteiger partial charge in [-0.15, -0.1) is 0 Å². The third kappa shape index (κ3) is 3.79. The summed E-state index contributed by atoms with van der Waals surface area (Å²) in [6, 6.07) is 0. The first kappa shape index (κ1) is 18.1. The molecule has 0 radical (unpaired) electrons. The van der Waals surface area contributed by atoms with Crippen molar-refractivity contribution in [3.8, 4) is 0 Å². The number of rotatable bonds is 6. The minimum atomic E-state index is -0.399. The fourth-order valence-electron chi connectivity index (χ4n) is 3.78. The summed E-state index contributed by atoms with van der Waals surface area (Å²) in [5.41, 5.74) is 2.83. The summed E-state index contributed by atoms with van der Waals surface area (Å²) in [6.07, 6.45) is 6.82. The number of Topliss-reactive ketones (excluding diaryl/α,β-unsaturated/α-hetero) is 1. The molecule has 4 nitrogen and oxygen atoms in total. The van der Waals surface area contributed by atoms with Gasteiger partial charge < -0.3 is 9.47 Å². The summed E-state index contributed by atoms with van der Waals surface area (Å²) in [5.74, 6) is 0.0361. The summed E-state index contributed by atoms with van der Waals surface area (Å²) in [7, 11) is 0. The van der Waals surface area contributed by atoms with E-state index in [1.165, 1.54) is 5.57 Å². The maximum atomic E-state index is 12.6. The van der Waals surface area contributed by atoms with E-state index in [2.05, 4.69) is 19.9 Å². The Morgan fingerprint density at radius 2 is 2.04 bits per heavy atom. The number of hydrogen-bond donors (Lipinski definition) is 0. The van der Waals surface area contributed by atoms with Crippen molar-refractivity contribution in [2.45, 2.75) is 59.7 Å². The Labute approximate surface area is 150 Å². The van der Waals surface area contributed by atoms with Crippen LogP contribution in [0.25, 0.3) is 0 Å². The second-order valence-corrected chi connectivity index (χ2v) is 8.29. The molecule has 0 unspecified atom stereocenters. The first-order valence-electron chi connectivity index (χ1n) is 9.08. The van der Waals surface area contributed by atoms with E-state index in [1.54, 1.807) is 0 Å². The van der Waals surface area contributed by atoms with E-state index in [-0.39, 0.29) is 41.5 Å². The summed E-state index contributed by atoms with van der Waals surface area (Å²) in [5, 5.41) is 0. The van der Waals surface area contributed by atoms with Crippen LogP contribution in [-0.4, -0.2) is 30.6 Å². The van der Waals surface area contributed by atoms with Gasteiger partial charge in [0.1, 0.15) is 6.10 Å². The maximum absolute atomic E-state index is 12.6. The average Bonchev–Trinajstić information content (AvgIpc) is 3.38. The molecule has 136 valence electrons. The second-order valence-electron chi connectivity index (χ2n) is 8.29. The Morgan fingerprint density at radius 3 is 2.64 bits per heavy atom. The van der Waals surface area contributed by atoms with Gasteiger partial charge in [-0.05, 0) is 44.1 Å². The van der Waals surface area contributed by atoms with Gasteiger partial charge in [-0.2, -0.15) is 0 Å². The van der Waals surface area contributed by atoms with Crippen molar-refractivity contribution in [1.82, 2.24) is 0 Å². The largest absolute Gasteiger partial charge is 0.457 e. The highest BCUT2D eigenvalue weighted by Crippen LogP contribution is 2.60. The van der Waals surface area contributed by atoms with E-state index in [4.69, 9.17) is 9.47 Å². The quantitative estimate of drug-likeness (QED) is 0.418. The second kappa shape index (κ2) is 6.56. The Hall–Kier alpha value is -1.68. The van der Waals surface area contributed by atoms with Crippen molar-refractivity contribution in [3.63, 3.8) is 0 Å². The zero-order chi connectivity index (χ0) is 18.4. The van der Waals surface area contributed by atoms with Crippen molar-refractivity contribution in [2.75, 3.05) is 6.61 Å². The number of epoxide rings is 1. The number of hydrogen-bond acceptors (Lipinski definition) is 4. The van der Waals surface area contributed by atoms with Gasteiger partial charge in [0.15, 0.2) is 5.78 Å². The molecule has 0 spiro atoms. The predicted octanol–water partition coefficient (Wildman–Crippen LogP) is 3.77. The van der Waals surface area contributed by atoms with Gasteiger partial charge in [-0.25, -0.2) is 0 Å². The lowest BCUT2D eigenvalue weighted by Gasteiger charge is -2.13. The highest BCUT2D eigenvalue weighted by atomic mass is 16.6. The average molecular weight is 344 g/mol. The normalized spacial score (nSPS) is 32.9. The predicted molar refractivity (Wildman–Crippen MR) is 95.9 cm³/mol. The molecule has 0 bridgehead atoms. The van der Waals surface area contributed by atoms with Crippen LogP contribution < -0.4 is 0 Å². The van der Waals surface area contributed by atoms with Crippen molar-refractivity contribution in [1.29, 1.82) is 0 Å². The molecule has 3 rings (SSSR count). The summed E-state index contributed by atoms with van der Waals surface area (Å²) in [6.45, 7) is 11.0. The van der Waals surface area contributed by atoms with Crippen LogP contribution in [0.2, 0.25) is 0 Å². The van der Waals surface area contributed by atoms with E-state index < -0.39 is 6.10 Å². The summed E-state index contributed by atoms with van der Waals surface area (Å²) < 4.78 is 10.9. The molecule has 0 N–H and O–H groups in total. The molecule has 1 aliphatic heterocycles. The van der Waals surface area contributed by atoms with Crippen LogP contribution in [0.3, 0.4) is 0 Å². The van der Waals surface area contributed by atoms with Crippen LogP contribution in [0.4, 0.5) is 0 Å². The number of allylic oxidation sites excluding steroid dienone is 4. The fraction of sp³-hybridized carbons (Fsp3) is 0.619. The molecule has 0 aromatic carbocycles. The van der Waals surface area contributed by atoms with Crippen LogP contribution in [0, 0.1) is 17.3 Å². The monoisotopic (exact) mass is 344 g/mol. The Bertz CT molecular complexity index is 672. The molecule has 2 fully saturated rings. The molecule has 3 aliphatic rings. The van der Waals surface area contributed by atoms with E-state index in [0.717, 1.165) is 17.8 Å². The summed E-state index contributed by atoms with van der Waals surface area (Å²) >= 11 is 0. The van der Waals surface area contributed by atoms with Crippen LogP contribution in [0.5, 0.6) is 0 Å². The first-order valence-corrected chi connectivity index (χ1v) is 9.08. The Morgan fingerprint density at radius 1 is 1.36 bits per heavy atom. The maximum Gasteiger partial charge on any atom is 0.310 e. The Kier molecular flexibility index (Phi) is 4.76. The van der Waals surface area contributed by atoms with Crippen molar-refractivity contribution >= 4 is 11.8 Å². The molecule has 1 heterocycles. The lowest BCUT2D eigenvalue weighted by atomic mass is 10.1. The molecular formula is C21H28O4. The minimum Gasteiger partial charge on any atom is -0.457 e. The van der Waals surface area contributed by atoms with Gasteiger partial charge in [0.25, 0.3) is 0 Å². The summed E-state index contributed by atoms with van der Waals surface area (Å²) in [4.78, 5) is 24.9. The van der Waals surface area contributed by atoms with Crippen molar-refractivity contribution < 1.29 is 19.1 Å². The third-order valence-electron chi connectivity index (χ3n) is 5.63. The van der Waals surface area contributed by atoms with Crippen molar-refractivity contribution in [2.24, 2.45) is 17.3 Å². The van der Waals surface area contributed by atoms with Gasteiger partial charge in [-0.3, -0.25) is 9.59 Å². The lowest BCUT2D eigenvalue weighted by Crippen LogP contribution is -2.20. The standard InChI is InChI=1S/C21H28O4/c1-12(2)9-16-19(21(16,4)5)20(23)25-18-10-17(22)15(13(18)3)8-6-7-14-11-24-14/h6-7,9,14,16,18-19H,8,10-11H2,1-5H3/b7-6+/t14-,16+,18-,19-/m0/s1. The molecule has 0 aromatic rings. The number of ketones is 1. The van der Waals surface area contributed by atoms with Crippen LogP contribution in [-0.2, 0) is 19.1 Å². The van der Waals surface area contributed by atoms with E-state index in [9.17, 15) is 9.59 Å². The van der Waals surface area contributed by atoms with Crippen LogP contribution in [0.1, 0.15) is 47.5 Å². The number of esters is 1. The zero-order valence-electron chi connectivity index (χ0n) is 15.8. The SMILES string of the molecule is CC(C)=C[C@@H]1[C@@H](C(=O)O[C@H]2CC(=O)C(C/C=C/[C@H]3CO3)=C2C)C1(C)C. The van der Waals surface area contributed by atoms with E-state index >= 15 is 0 Å². The smallest absolute Gasteiger partial charge is 0.310 e. The molecule has 2 aliphatic carbocycles. The van der Waals surface area contributed by atoms with E-state index in [0.29, 0.717) is 6.42 Å². The number of ether oxygens (including phenoxy) is 2. The molecule has 0 aromatic heterocycles. The molecule has 1 saturated carbocycles. The van der Waals surface area contributed by atoms with Gasteiger partial charge in [-0.1, -0.05) is 37.6 Å².